The van der Waals surface area contributed by atoms with Gasteiger partial charge in [0.1, 0.15) is 6.33 Å². The highest BCUT2D eigenvalue weighted by atomic mass is 16.4. The number of nitrogens with one attached hydrogen (secondary N) is 1. The van der Waals surface area contributed by atoms with Gasteiger partial charge < -0.3 is 15.5 Å². The molecule has 0 saturated heterocycles. The van der Waals surface area contributed by atoms with Crippen LogP contribution in [-0.4, -0.2) is 38.0 Å². The average molecular weight is 287 g/mol. The first kappa shape index (κ1) is 14.1. The normalized spacial score (nSPS) is 9.90. The molecule has 0 unspecified atom stereocenters. The van der Waals surface area contributed by atoms with E-state index in [0.717, 1.165) is 18.2 Å². The Kier molecular flexibility index (Phi) is 3.89. The van der Waals surface area contributed by atoms with E-state index in [-0.39, 0.29) is 22.4 Å². The number of anilines is 1. The summed E-state index contributed by atoms with van der Waals surface area (Å²) in [6.45, 7) is 0. The van der Waals surface area contributed by atoms with Crippen LogP contribution in [-0.2, 0) is 0 Å². The third kappa shape index (κ3) is 3.38. The molecule has 0 saturated carbocycles. The largest absolute Gasteiger partial charge is 0.478 e. The number of carbonyl (C=O) groups is 3. The Morgan fingerprint density at radius 2 is 1.38 bits per heavy atom. The van der Waals surface area contributed by atoms with Crippen molar-refractivity contribution in [2.75, 3.05) is 5.32 Å². The van der Waals surface area contributed by atoms with E-state index < -0.39 is 17.8 Å². The van der Waals surface area contributed by atoms with Crippen molar-refractivity contribution in [3.63, 3.8) is 0 Å². The van der Waals surface area contributed by atoms with E-state index in [1.807, 2.05) is 0 Å². The fourth-order valence-corrected chi connectivity index (χ4v) is 1.57. The lowest BCUT2D eigenvalue weighted by Crippen LogP contribution is -2.14. The number of aromatic nitrogens is 2. The lowest BCUT2D eigenvalue weighted by Gasteiger charge is -2.07. The van der Waals surface area contributed by atoms with Crippen molar-refractivity contribution in [3.8, 4) is 0 Å². The van der Waals surface area contributed by atoms with Crippen LogP contribution in [0.3, 0.4) is 0 Å². The molecule has 8 heteroatoms. The van der Waals surface area contributed by atoms with Crippen LogP contribution in [0.4, 0.5) is 5.69 Å². The summed E-state index contributed by atoms with van der Waals surface area (Å²) < 4.78 is 0. The van der Waals surface area contributed by atoms with Crippen LogP contribution in [0, 0.1) is 0 Å². The molecule has 0 fully saturated rings. The molecule has 2 aromatic rings. The maximum absolute atomic E-state index is 11.9. The van der Waals surface area contributed by atoms with Crippen molar-refractivity contribution in [2.45, 2.75) is 0 Å². The van der Waals surface area contributed by atoms with Gasteiger partial charge in [-0.2, -0.15) is 0 Å². The first-order chi connectivity index (χ1) is 9.97. The standard InChI is InChI=1S/C13H9N3O5/c17-11(9-4-14-6-15-5-9)16-10-2-7(12(18)19)1-8(3-10)13(20)21/h1-6H,(H,16,17)(H,18,19)(H,20,21). The quantitative estimate of drug-likeness (QED) is 0.768. The SMILES string of the molecule is O=C(O)c1cc(NC(=O)c2cncnc2)cc(C(=O)O)c1. The van der Waals surface area contributed by atoms with Gasteiger partial charge in [-0.15, -0.1) is 0 Å². The van der Waals surface area contributed by atoms with Crippen LogP contribution in [0.25, 0.3) is 0 Å². The Balaban J connectivity index is 2.33. The zero-order valence-corrected chi connectivity index (χ0v) is 10.5. The van der Waals surface area contributed by atoms with E-state index in [9.17, 15) is 14.4 Å². The summed E-state index contributed by atoms with van der Waals surface area (Å²) in [5, 5.41) is 20.3. The summed E-state index contributed by atoms with van der Waals surface area (Å²) in [5.74, 6) is -3.16. The van der Waals surface area contributed by atoms with Crippen molar-refractivity contribution in [2.24, 2.45) is 0 Å². The predicted molar refractivity (Wildman–Crippen MR) is 70.3 cm³/mol. The monoisotopic (exact) mass is 287 g/mol. The summed E-state index contributed by atoms with van der Waals surface area (Å²) in [6, 6.07) is 3.33. The van der Waals surface area contributed by atoms with Crippen LogP contribution in [0.2, 0.25) is 0 Å². The molecule has 0 radical (unpaired) electrons. The summed E-state index contributed by atoms with van der Waals surface area (Å²) in [7, 11) is 0. The van der Waals surface area contributed by atoms with Gasteiger partial charge in [0.05, 0.1) is 16.7 Å². The topological polar surface area (TPSA) is 129 Å². The first-order valence-electron chi connectivity index (χ1n) is 5.65. The second-order valence-corrected chi connectivity index (χ2v) is 3.99. The highest BCUT2D eigenvalue weighted by molar-refractivity contribution is 6.05. The first-order valence-corrected chi connectivity index (χ1v) is 5.65. The number of nitrogens with zero attached hydrogens (tertiary/aromatic N) is 2. The minimum atomic E-state index is -1.29. The molecule has 8 nitrogen and oxygen atoms in total. The molecule has 21 heavy (non-hydrogen) atoms. The molecule has 3 N–H and O–H groups in total. The van der Waals surface area contributed by atoms with Crippen LogP contribution >= 0.6 is 0 Å². The fourth-order valence-electron chi connectivity index (χ4n) is 1.57. The maximum Gasteiger partial charge on any atom is 0.335 e. The maximum atomic E-state index is 11.9. The van der Waals surface area contributed by atoms with E-state index in [1.54, 1.807) is 0 Å². The number of amides is 1. The molecule has 2 rings (SSSR count). The highest BCUT2D eigenvalue weighted by Gasteiger charge is 2.13. The molecule has 106 valence electrons. The summed E-state index contributed by atoms with van der Waals surface area (Å²) in [4.78, 5) is 41.2. The number of benzene rings is 1. The molecule has 0 aliphatic rings. The minimum Gasteiger partial charge on any atom is -0.478 e. The van der Waals surface area contributed by atoms with Gasteiger partial charge in [-0.25, -0.2) is 19.6 Å². The van der Waals surface area contributed by atoms with Gasteiger partial charge in [0.15, 0.2) is 0 Å². The molecule has 0 aliphatic carbocycles. The Bertz CT molecular complexity index is 683. The third-order valence-electron chi connectivity index (χ3n) is 2.51. The lowest BCUT2D eigenvalue weighted by atomic mass is 10.1. The Morgan fingerprint density at radius 1 is 0.857 bits per heavy atom. The van der Waals surface area contributed by atoms with E-state index in [2.05, 4.69) is 15.3 Å². The molecule has 0 atom stereocenters. The van der Waals surface area contributed by atoms with E-state index >= 15 is 0 Å². The van der Waals surface area contributed by atoms with Crippen molar-refractivity contribution >= 4 is 23.5 Å². The van der Waals surface area contributed by atoms with Crippen LogP contribution in [0.1, 0.15) is 31.1 Å². The number of rotatable bonds is 4. The zero-order chi connectivity index (χ0) is 15.4. The molecule has 0 spiro atoms. The molecule has 1 aromatic carbocycles. The Hall–Kier alpha value is -3.29. The van der Waals surface area contributed by atoms with Crippen molar-refractivity contribution in [1.82, 2.24) is 9.97 Å². The minimum absolute atomic E-state index is 0.0566. The number of carboxylic acids is 2. The number of hydrogen-bond acceptors (Lipinski definition) is 5. The average Bonchev–Trinajstić information content (AvgIpc) is 2.47. The molecular formula is C13H9N3O5. The zero-order valence-electron chi connectivity index (χ0n) is 10.5. The fraction of sp³-hybridized carbons (Fsp3) is 0. The summed E-state index contributed by atoms with van der Waals surface area (Å²) in [6.07, 6.45) is 3.81. The van der Waals surface area contributed by atoms with Crippen molar-refractivity contribution < 1.29 is 24.6 Å². The Morgan fingerprint density at radius 3 is 1.86 bits per heavy atom. The molecule has 1 aromatic heterocycles. The number of aromatic carboxylic acids is 2. The molecule has 1 amide bonds. The second kappa shape index (κ2) is 5.78. The van der Waals surface area contributed by atoms with Gasteiger partial charge in [-0.1, -0.05) is 0 Å². The molecule has 1 heterocycles. The van der Waals surface area contributed by atoms with E-state index in [1.165, 1.54) is 18.7 Å². The van der Waals surface area contributed by atoms with Gasteiger partial charge >= 0.3 is 11.9 Å². The molecule has 0 aliphatic heterocycles. The number of hydrogen-bond donors (Lipinski definition) is 3. The Labute approximate surface area is 118 Å². The van der Waals surface area contributed by atoms with Gasteiger partial charge in [-0.05, 0) is 18.2 Å². The van der Waals surface area contributed by atoms with Gasteiger partial charge in [0.25, 0.3) is 5.91 Å². The van der Waals surface area contributed by atoms with Gasteiger partial charge in [-0.3, -0.25) is 4.79 Å². The number of carbonyl (C=O) groups excluding carboxylic acids is 1. The van der Waals surface area contributed by atoms with Crippen molar-refractivity contribution in [1.29, 1.82) is 0 Å². The van der Waals surface area contributed by atoms with Gasteiger partial charge in [0, 0.05) is 18.1 Å². The lowest BCUT2D eigenvalue weighted by molar-refractivity contribution is 0.0696. The van der Waals surface area contributed by atoms with Crippen LogP contribution < -0.4 is 5.32 Å². The smallest absolute Gasteiger partial charge is 0.335 e. The van der Waals surface area contributed by atoms with E-state index in [0.29, 0.717) is 0 Å². The molecular weight excluding hydrogens is 278 g/mol. The summed E-state index contributed by atoms with van der Waals surface area (Å²) in [5.41, 5.74) is -0.264. The third-order valence-corrected chi connectivity index (χ3v) is 2.51. The molecule has 0 bridgehead atoms. The number of carboxylic acid groups (broad SMARTS) is 2. The van der Waals surface area contributed by atoms with Crippen LogP contribution in [0.15, 0.2) is 36.9 Å². The summed E-state index contributed by atoms with van der Waals surface area (Å²) >= 11 is 0. The van der Waals surface area contributed by atoms with Crippen LogP contribution in [0.5, 0.6) is 0 Å². The van der Waals surface area contributed by atoms with E-state index in [4.69, 9.17) is 10.2 Å². The second-order valence-electron chi connectivity index (χ2n) is 3.99. The highest BCUT2D eigenvalue weighted by Crippen LogP contribution is 2.16. The van der Waals surface area contributed by atoms with Gasteiger partial charge in [0.2, 0.25) is 0 Å². The predicted octanol–water partition coefficient (Wildman–Crippen LogP) is 1.13. The van der Waals surface area contributed by atoms with Crippen molar-refractivity contribution in [3.05, 3.63) is 53.6 Å².